The van der Waals surface area contributed by atoms with Crippen LogP contribution < -0.4 is 5.73 Å². The van der Waals surface area contributed by atoms with Gasteiger partial charge in [0.1, 0.15) is 0 Å². The van der Waals surface area contributed by atoms with Gasteiger partial charge in [-0.15, -0.1) is 0 Å². The summed E-state index contributed by atoms with van der Waals surface area (Å²) >= 11 is 4.79. The maximum atomic E-state index is 12.3. The molecule has 0 aliphatic carbocycles. The average molecular weight is 270 g/mol. The largest absolute Gasteiger partial charge is 0.392 e. The van der Waals surface area contributed by atoms with E-state index in [4.69, 9.17) is 18.0 Å². The van der Waals surface area contributed by atoms with Crippen LogP contribution in [-0.4, -0.2) is 28.2 Å². The fraction of sp³-hybridized carbons (Fsp3) is 0.0714. The van der Waals surface area contributed by atoms with Gasteiger partial charge in [0.2, 0.25) is 0 Å². The van der Waals surface area contributed by atoms with Crippen LogP contribution in [0.4, 0.5) is 0 Å². The summed E-state index contributed by atoms with van der Waals surface area (Å²) in [5, 5.41) is 1.59. The lowest BCUT2D eigenvalue weighted by molar-refractivity contribution is 0.0635. The van der Waals surface area contributed by atoms with Crippen LogP contribution in [-0.2, 0) is 0 Å². The van der Waals surface area contributed by atoms with Crippen LogP contribution in [0, 0.1) is 0 Å². The Balaban J connectivity index is 2.28. The summed E-state index contributed by atoms with van der Waals surface area (Å²) in [7, 11) is 0. The summed E-state index contributed by atoms with van der Waals surface area (Å²) in [5.74, 6) is -0.691. The second kappa shape index (κ2) is 4.13. The number of hydrogen-bond donors (Lipinski definition) is 1. The number of benzene rings is 2. The van der Waals surface area contributed by atoms with Crippen molar-refractivity contribution in [1.82, 2.24) is 4.90 Å². The Morgan fingerprint density at radius 3 is 2.05 bits per heavy atom. The standard InChI is InChI=1S/C14H10N2O2S/c15-11(19)7-16-13(17)9-5-1-3-8-4-2-6-10(12(8)9)14(16)18/h1-6H,7H2,(H2,15,19). The molecule has 2 aromatic carbocycles. The minimum atomic E-state index is -0.345. The van der Waals surface area contributed by atoms with Gasteiger partial charge < -0.3 is 5.73 Å². The number of carbonyl (C=O) groups is 2. The van der Waals surface area contributed by atoms with Crippen LogP contribution in [0.3, 0.4) is 0 Å². The molecule has 0 unspecified atom stereocenters. The fourth-order valence-electron chi connectivity index (χ4n) is 2.38. The Kier molecular flexibility index (Phi) is 2.57. The number of hydrogen-bond acceptors (Lipinski definition) is 3. The Morgan fingerprint density at radius 1 is 1.05 bits per heavy atom. The summed E-state index contributed by atoms with van der Waals surface area (Å²) in [6.07, 6.45) is 0. The quantitative estimate of drug-likeness (QED) is 0.666. The highest BCUT2D eigenvalue weighted by Gasteiger charge is 2.32. The lowest BCUT2D eigenvalue weighted by Crippen LogP contribution is -2.44. The van der Waals surface area contributed by atoms with Gasteiger partial charge in [-0.1, -0.05) is 36.5 Å². The van der Waals surface area contributed by atoms with Gasteiger partial charge in [-0.05, 0) is 17.5 Å². The summed E-state index contributed by atoms with van der Waals surface area (Å²) in [6.45, 7) is -0.0300. The SMILES string of the molecule is NC(=S)CN1C(=O)c2cccc3cccc(c23)C1=O. The van der Waals surface area contributed by atoms with Crippen LogP contribution >= 0.6 is 12.2 Å². The number of rotatable bonds is 2. The molecular formula is C14H10N2O2S. The Labute approximate surface area is 114 Å². The molecule has 2 aromatic rings. The highest BCUT2D eigenvalue weighted by Crippen LogP contribution is 2.29. The predicted molar refractivity (Wildman–Crippen MR) is 76.1 cm³/mol. The van der Waals surface area contributed by atoms with E-state index in [1.807, 2.05) is 12.1 Å². The number of carbonyl (C=O) groups excluding carboxylic acids is 2. The second-order valence-corrected chi connectivity index (χ2v) is 4.90. The zero-order chi connectivity index (χ0) is 13.6. The molecule has 0 radical (unpaired) electrons. The van der Waals surface area contributed by atoms with Crippen molar-refractivity contribution in [3.05, 3.63) is 47.5 Å². The van der Waals surface area contributed by atoms with Crippen molar-refractivity contribution in [2.24, 2.45) is 5.73 Å². The third-order valence-corrected chi connectivity index (χ3v) is 3.30. The molecule has 2 amide bonds. The average Bonchev–Trinajstić information content (AvgIpc) is 2.40. The number of nitrogens with zero attached hydrogens (tertiary/aromatic N) is 1. The molecule has 2 N–H and O–H groups in total. The van der Waals surface area contributed by atoms with Crippen molar-refractivity contribution in [3.63, 3.8) is 0 Å². The smallest absolute Gasteiger partial charge is 0.261 e. The molecule has 0 bridgehead atoms. The van der Waals surface area contributed by atoms with Crippen LogP contribution in [0.5, 0.6) is 0 Å². The van der Waals surface area contributed by atoms with Crippen molar-refractivity contribution < 1.29 is 9.59 Å². The molecule has 0 spiro atoms. The predicted octanol–water partition coefficient (Wildman–Crippen LogP) is 1.72. The normalized spacial score (nSPS) is 14.0. The van der Waals surface area contributed by atoms with Crippen molar-refractivity contribution >= 4 is 39.8 Å². The van der Waals surface area contributed by atoms with Gasteiger partial charge in [-0.3, -0.25) is 14.5 Å². The van der Waals surface area contributed by atoms with E-state index in [9.17, 15) is 9.59 Å². The molecular weight excluding hydrogens is 260 g/mol. The molecule has 3 rings (SSSR count). The van der Waals surface area contributed by atoms with Gasteiger partial charge in [0.05, 0.1) is 11.5 Å². The molecule has 0 saturated heterocycles. The van der Waals surface area contributed by atoms with Crippen molar-refractivity contribution in [1.29, 1.82) is 0 Å². The van der Waals surface area contributed by atoms with Gasteiger partial charge in [0.15, 0.2) is 0 Å². The number of imide groups is 1. The zero-order valence-electron chi connectivity index (χ0n) is 9.92. The third-order valence-electron chi connectivity index (χ3n) is 3.17. The molecule has 0 aromatic heterocycles. The Morgan fingerprint density at radius 2 is 1.58 bits per heavy atom. The molecule has 4 nitrogen and oxygen atoms in total. The minimum absolute atomic E-state index is 0.0300. The molecule has 5 heteroatoms. The maximum Gasteiger partial charge on any atom is 0.261 e. The summed E-state index contributed by atoms with van der Waals surface area (Å²) in [4.78, 5) is 25.9. The Hall–Kier alpha value is -2.27. The lowest BCUT2D eigenvalue weighted by atomic mass is 9.94. The van der Waals surface area contributed by atoms with Gasteiger partial charge in [-0.2, -0.15) is 0 Å². The molecule has 1 aliphatic heterocycles. The molecule has 1 aliphatic rings. The van der Waals surface area contributed by atoms with Crippen LogP contribution in [0.25, 0.3) is 10.8 Å². The minimum Gasteiger partial charge on any atom is -0.392 e. The van der Waals surface area contributed by atoms with Gasteiger partial charge >= 0.3 is 0 Å². The van der Waals surface area contributed by atoms with E-state index in [1.54, 1.807) is 24.3 Å². The van der Waals surface area contributed by atoms with E-state index >= 15 is 0 Å². The Bertz CT molecular complexity index is 689. The van der Waals surface area contributed by atoms with Gasteiger partial charge in [-0.25, -0.2) is 0 Å². The van der Waals surface area contributed by atoms with E-state index in [0.717, 1.165) is 10.3 Å². The van der Waals surface area contributed by atoms with Crippen LogP contribution in [0.2, 0.25) is 0 Å². The monoisotopic (exact) mass is 270 g/mol. The van der Waals surface area contributed by atoms with Gasteiger partial charge in [0.25, 0.3) is 11.8 Å². The molecule has 0 atom stereocenters. The summed E-state index contributed by atoms with van der Waals surface area (Å²) in [6, 6.07) is 10.8. The van der Waals surface area contributed by atoms with E-state index in [2.05, 4.69) is 0 Å². The topological polar surface area (TPSA) is 63.4 Å². The maximum absolute atomic E-state index is 12.3. The first kappa shape index (κ1) is 11.8. The first-order valence-electron chi connectivity index (χ1n) is 5.76. The first-order valence-corrected chi connectivity index (χ1v) is 6.16. The van der Waals surface area contributed by atoms with E-state index in [1.165, 1.54) is 0 Å². The molecule has 19 heavy (non-hydrogen) atoms. The van der Waals surface area contributed by atoms with E-state index in [0.29, 0.717) is 16.5 Å². The summed E-state index contributed by atoms with van der Waals surface area (Å²) < 4.78 is 0. The van der Waals surface area contributed by atoms with Crippen LogP contribution in [0.1, 0.15) is 20.7 Å². The van der Waals surface area contributed by atoms with Crippen molar-refractivity contribution in [3.8, 4) is 0 Å². The fourth-order valence-corrected chi connectivity index (χ4v) is 2.51. The molecule has 0 fully saturated rings. The van der Waals surface area contributed by atoms with E-state index in [-0.39, 0.29) is 23.3 Å². The highest BCUT2D eigenvalue weighted by molar-refractivity contribution is 7.80. The molecule has 94 valence electrons. The number of nitrogens with two attached hydrogens (primary N) is 1. The zero-order valence-corrected chi connectivity index (χ0v) is 10.7. The van der Waals surface area contributed by atoms with Crippen molar-refractivity contribution in [2.75, 3.05) is 6.54 Å². The number of thiocarbonyl (C=S) groups is 1. The number of amides is 2. The van der Waals surface area contributed by atoms with Crippen molar-refractivity contribution in [2.45, 2.75) is 0 Å². The second-order valence-electron chi connectivity index (χ2n) is 4.37. The molecule has 1 heterocycles. The first-order chi connectivity index (χ1) is 9.09. The van der Waals surface area contributed by atoms with Gasteiger partial charge in [0, 0.05) is 16.5 Å². The summed E-state index contributed by atoms with van der Waals surface area (Å²) in [5.41, 5.74) is 6.49. The van der Waals surface area contributed by atoms with E-state index < -0.39 is 0 Å². The lowest BCUT2D eigenvalue weighted by Gasteiger charge is -2.26. The molecule has 0 saturated carbocycles. The highest BCUT2D eigenvalue weighted by atomic mass is 32.1. The van der Waals surface area contributed by atoms with Crippen LogP contribution in [0.15, 0.2) is 36.4 Å². The third kappa shape index (κ3) is 1.70.